The Kier molecular flexibility index (Phi) is 5.48. The molecule has 1 saturated heterocycles. The maximum Gasteiger partial charge on any atom is 0.237 e. The van der Waals surface area contributed by atoms with Gasteiger partial charge in [0.15, 0.2) is 9.84 Å². The van der Waals surface area contributed by atoms with E-state index < -0.39 is 9.84 Å². The summed E-state index contributed by atoms with van der Waals surface area (Å²) in [5.41, 5.74) is 0. The van der Waals surface area contributed by atoms with Crippen molar-refractivity contribution in [2.24, 2.45) is 7.05 Å². The van der Waals surface area contributed by atoms with Gasteiger partial charge in [0.2, 0.25) is 5.91 Å². The average Bonchev–Trinajstić information content (AvgIpc) is 3.24. The number of amides is 1. The van der Waals surface area contributed by atoms with E-state index in [2.05, 4.69) is 4.98 Å². The number of aryl methyl sites for hydroxylation is 1. The van der Waals surface area contributed by atoms with Crippen LogP contribution >= 0.6 is 0 Å². The van der Waals surface area contributed by atoms with Gasteiger partial charge in [-0.25, -0.2) is 13.4 Å². The fourth-order valence-electron chi connectivity index (χ4n) is 4.04. The highest BCUT2D eigenvalue weighted by Gasteiger charge is 2.39. The summed E-state index contributed by atoms with van der Waals surface area (Å²) < 4.78 is 25.7. The molecule has 8 heteroatoms. The zero-order valence-electron chi connectivity index (χ0n) is 15.1. The van der Waals surface area contributed by atoms with Gasteiger partial charge >= 0.3 is 0 Å². The van der Waals surface area contributed by atoms with E-state index in [1.807, 2.05) is 34.7 Å². The minimum absolute atomic E-state index is 0.0470. The van der Waals surface area contributed by atoms with Crippen LogP contribution in [0.15, 0.2) is 12.4 Å². The number of imidazole rings is 1. The van der Waals surface area contributed by atoms with Crippen molar-refractivity contribution in [1.29, 1.82) is 0 Å². The molecule has 1 aromatic heterocycles. The van der Waals surface area contributed by atoms with Crippen molar-refractivity contribution in [3.63, 3.8) is 0 Å². The van der Waals surface area contributed by atoms with Gasteiger partial charge < -0.3 is 9.47 Å². The van der Waals surface area contributed by atoms with Crippen LogP contribution in [0.25, 0.3) is 0 Å². The number of sulfone groups is 1. The minimum Gasteiger partial charge on any atom is -0.337 e. The smallest absolute Gasteiger partial charge is 0.237 e. The molecule has 1 amide bonds. The Balaban J connectivity index is 1.67. The first-order valence-corrected chi connectivity index (χ1v) is 10.8. The van der Waals surface area contributed by atoms with E-state index in [4.69, 9.17) is 0 Å². The van der Waals surface area contributed by atoms with Crippen molar-refractivity contribution in [1.82, 2.24) is 19.4 Å². The molecule has 0 aromatic carbocycles. The highest BCUT2D eigenvalue weighted by Crippen LogP contribution is 2.29. The zero-order valence-corrected chi connectivity index (χ0v) is 15.9. The van der Waals surface area contributed by atoms with Crippen LogP contribution in [-0.4, -0.2) is 70.9 Å². The molecule has 0 spiro atoms. The number of likely N-dealkylation sites (N-methyl/N-ethyl adjacent to an activating group) is 1. The summed E-state index contributed by atoms with van der Waals surface area (Å²) in [5.74, 6) is 1.28. The molecular formula is C17H28N4O3S. The van der Waals surface area contributed by atoms with Gasteiger partial charge in [0, 0.05) is 31.5 Å². The molecule has 1 aliphatic carbocycles. The maximum atomic E-state index is 13.0. The van der Waals surface area contributed by atoms with Gasteiger partial charge in [-0.15, -0.1) is 0 Å². The fourth-order valence-corrected chi connectivity index (χ4v) is 5.75. The lowest BCUT2D eigenvalue weighted by atomic mass is 10.1. The summed E-state index contributed by atoms with van der Waals surface area (Å²) in [5, 5.41) is 0. The Morgan fingerprint density at radius 2 is 2.00 bits per heavy atom. The van der Waals surface area contributed by atoms with Crippen molar-refractivity contribution >= 4 is 15.7 Å². The second kappa shape index (κ2) is 7.45. The van der Waals surface area contributed by atoms with E-state index in [-0.39, 0.29) is 29.5 Å². The van der Waals surface area contributed by atoms with E-state index in [9.17, 15) is 13.2 Å². The molecule has 1 atom stereocenters. The van der Waals surface area contributed by atoms with Crippen molar-refractivity contribution < 1.29 is 13.2 Å². The van der Waals surface area contributed by atoms with E-state index >= 15 is 0 Å². The second-order valence-corrected chi connectivity index (χ2v) is 9.65. The summed E-state index contributed by atoms with van der Waals surface area (Å²) in [7, 11) is 0.845. The topological polar surface area (TPSA) is 75.5 Å². The third kappa shape index (κ3) is 4.41. The largest absolute Gasteiger partial charge is 0.337 e. The summed E-state index contributed by atoms with van der Waals surface area (Å²) in [6.45, 7) is 0.886. The normalized spacial score (nSPS) is 23.4. The average molecular weight is 369 g/mol. The SMILES string of the molecule is CN(CC(=O)N(C1CCCC1)[C@H]1CCS(=O)(=O)C1)Cc1nccn1C. The molecule has 140 valence electrons. The molecule has 0 N–H and O–H groups in total. The predicted octanol–water partition coefficient (Wildman–Crippen LogP) is 0.810. The molecule has 0 unspecified atom stereocenters. The lowest BCUT2D eigenvalue weighted by Gasteiger charge is -2.35. The Morgan fingerprint density at radius 1 is 1.28 bits per heavy atom. The number of carbonyl (C=O) groups is 1. The number of nitrogens with zero attached hydrogens (tertiary/aromatic N) is 4. The molecule has 0 bridgehead atoms. The Morgan fingerprint density at radius 3 is 2.56 bits per heavy atom. The minimum atomic E-state index is -3.00. The molecule has 2 heterocycles. The van der Waals surface area contributed by atoms with Gasteiger partial charge in [-0.3, -0.25) is 9.69 Å². The van der Waals surface area contributed by atoms with Crippen molar-refractivity contribution in [3.05, 3.63) is 18.2 Å². The fraction of sp³-hybridized carbons (Fsp3) is 0.765. The van der Waals surface area contributed by atoms with Crippen LogP contribution in [0, 0.1) is 0 Å². The highest BCUT2D eigenvalue weighted by molar-refractivity contribution is 7.91. The predicted molar refractivity (Wildman–Crippen MR) is 95.7 cm³/mol. The molecule has 1 saturated carbocycles. The van der Waals surface area contributed by atoms with Crippen LogP contribution in [0.3, 0.4) is 0 Å². The van der Waals surface area contributed by atoms with Gasteiger partial charge in [-0.1, -0.05) is 12.8 Å². The molecule has 0 radical (unpaired) electrons. The van der Waals surface area contributed by atoms with Crippen LogP contribution in [0.2, 0.25) is 0 Å². The van der Waals surface area contributed by atoms with Crippen LogP contribution in [-0.2, 0) is 28.2 Å². The van der Waals surface area contributed by atoms with E-state index in [0.717, 1.165) is 31.5 Å². The first-order valence-electron chi connectivity index (χ1n) is 9.02. The Bertz CT molecular complexity index is 709. The molecule has 2 fully saturated rings. The first-order chi connectivity index (χ1) is 11.9. The maximum absolute atomic E-state index is 13.0. The molecule has 25 heavy (non-hydrogen) atoms. The zero-order chi connectivity index (χ0) is 18.0. The first kappa shape index (κ1) is 18.4. The third-order valence-electron chi connectivity index (χ3n) is 5.35. The van der Waals surface area contributed by atoms with Gasteiger partial charge in [-0.05, 0) is 26.3 Å². The van der Waals surface area contributed by atoms with Gasteiger partial charge in [0.05, 0.1) is 24.6 Å². The molecule has 1 aromatic rings. The summed E-state index contributed by atoms with van der Waals surface area (Å²) in [6, 6.07) is 0.0505. The molecule has 3 rings (SSSR count). The quantitative estimate of drug-likeness (QED) is 0.743. The lowest BCUT2D eigenvalue weighted by molar-refractivity contribution is -0.136. The van der Waals surface area contributed by atoms with Crippen LogP contribution in [0.1, 0.15) is 37.9 Å². The van der Waals surface area contributed by atoms with Crippen LogP contribution in [0.5, 0.6) is 0 Å². The Hall–Kier alpha value is -1.41. The number of hydrogen-bond acceptors (Lipinski definition) is 5. The molecule has 7 nitrogen and oxygen atoms in total. The van der Waals surface area contributed by atoms with Crippen LogP contribution in [0.4, 0.5) is 0 Å². The van der Waals surface area contributed by atoms with Crippen molar-refractivity contribution in [2.75, 3.05) is 25.1 Å². The standard InChI is InChI=1S/C17H28N4O3S/c1-19(11-16-18-8-9-20(16)2)12-17(22)21(14-5-3-4-6-14)15-7-10-25(23,24)13-15/h8-9,14-15H,3-7,10-13H2,1-2H3/t15-/m0/s1. The molecule has 1 aliphatic heterocycles. The third-order valence-corrected chi connectivity index (χ3v) is 7.10. The highest BCUT2D eigenvalue weighted by atomic mass is 32.2. The number of rotatable bonds is 6. The van der Waals surface area contributed by atoms with Crippen molar-refractivity contribution in [2.45, 2.75) is 50.7 Å². The van der Waals surface area contributed by atoms with Gasteiger partial charge in [-0.2, -0.15) is 0 Å². The summed E-state index contributed by atoms with van der Waals surface area (Å²) in [4.78, 5) is 21.2. The van der Waals surface area contributed by atoms with E-state index in [1.54, 1.807) is 6.20 Å². The van der Waals surface area contributed by atoms with Gasteiger partial charge in [0.1, 0.15) is 5.82 Å². The van der Waals surface area contributed by atoms with E-state index in [0.29, 0.717) is 19.5 Å². The number of carbonyl (C=O) groups excluding carboxylic acids is 1. The van der Waals surface area contributed by atoms with Gasteiger partial charge in [0.25, 0.3) is 0 Å². The summed E-state index contributed by atoms with van der Waals surface area (Å²) in [6.07, 6.45) is 8.44. The number of hydrogen-bond donors (Lipinski definition) is 0. The van der Waals surface area contributed by atoms with E-state index in [1.165, 1.54) is 0 Å². The monoisotopic (exact) mass is 368 g/mol. The second-order valence-electron chi connectivity index (χ2n) is 7.42. The number of aromatic nitrogens is 2. The van der Waals surface area contributed by atoms with Crippen LogP contribution < -0.4 is 0 Å². The molecule has 2 aliphatic rings. The summed E-state index contributed by atoms with van der Waals surface area (Å²) >= 11 is 0. The Labute approximate surface area is 149 Å². The lowest BCUT2D eigenvalue weighted by Crippen LogP contribution is -2.50. The van der Waals surface area contributed by atoms with Crippen molar-refractivity contribution in [3.8, 4) is 0 Å². The molecular weight excluding hydrogens is 340 g/mol.